The van der Waals surface area contributed by atoms with Gasteiger partial charge in [-0.25, -0.2) is 23.1 Å². The zero-order valence-corrected chi connectivity index (χ0v) is 16.2. The van der Waals surface area contributed by atoms with E-state index in [0.29, 0.717) is 29.2 Å². The van der Waals surface area contributed by atoms with E-state index < -0.39 is 12.1 Å². The maximum absolute atomic E-state index is 12.8. The lowest BCUT2D eigenvalue weighted by molar-refractivity contribution is -0.192. The van der Waals surface area contributed by atoms with Gasteiger partial charge < -0.3 is 20.3 Å². The van der Waals surface area contributed by atoms with Gasteiger partial charge in [0.2, 0.25) is 6.79 Å². The van der Waals surface area contributed by atoms with E-state index >= 15 is 0 Å². The molecular weight excluding hydrogens is 440 g/mol. The molecule has 0 spiro atoms. The number of alkyl halides is 3. The average molecular weight is 456 g/mol. The summed E-state index contributed by atoms with van der Waals surface area (Å²) in [7, 11) is 0. The molecule has 1 aliphatic rings. The summed E-state index contributed by atoms with van der Waals surface area (Å²) >= 11 is 0. The normalized spacial score (nSPS) is 13.1. The summed E-state index contributed by atoms with van der Waals surface area (Å²) in [6, 6.07) is 10.8. The third-order valence-corrected chi connectivity index (χ3v) is 4.28. The number of carboxylic acid groups (broad SMARTS) is 1. The van der Waals surface area contributed by atoms with Crippen LogP contribution in [0.5, 0.6) is 11.5 Å². The van der Waals surface area contributed by atoms with Crippen molar-refractivity contribution in [2.45, 2.75) is 12.7 Å². The minimum absolute atomic E-state index is 0.00803. The van der Waals surface area contributed by atoms with Crippen LogP contribution in [0.25, 0.3) is 16.9 Å². The third-order valence-electron chi connectivity index (χ3n) is 4.28. The van der Waals surface area contributed by atoms with E-state index in [1.165, 1.54) is 9.08 Å². The summed E-state index contributed by atoms with van der Waals surface area (Å²) in [4.78, 5) is 21.6. The lowest BCUT2D eigenvalue weighted by atomic mass is 10.1. The van der Waals surface area contributed by atoms with Crippen LogP contribution in [0.4, 0.5) is 17.6 Å². The predicted octanol–water partition coefficient (Wildman–Crippen LogP) is 2.34. The van der Waals surface area contributed by atoms with Crippen molar-refractivity contribution in [3.8, 4) is 22.8 Å². The highest BCUT2D eigenvalue weighted by Gasteiger charge is 2.38. The number of nitrogens with two attached hydrogens (primary N) is 1. The third kappa shape index (κ3) is 4.72. The SMILES string of the molecule is NC/C(=C\F)Cn1nc2cccc(-c3ccc4c(c3)OCO4)n2c1=O.O=C(O)C(F)(F)F. The number of pyridine rings is 1. The number of carbonyl (C=O) groups is 1. The average Bonchev–Trinajstić information content (AvgIpc) is 3.35. The minimum atomic E-state index is -5.08. The molecule has 0 radical (unpaired) electrons. The Bertz CT molecular complexity index is 1230. The van der Waals surface area contributed by atoms with Gasteiger partial charge in [-0.1, -0.05) is 6.07 Å². The standard InChI is InChI=1S/C17H15FN4O3.C2HF3O2/c18-7-11(8-19)9-21-17(23)22-13(2-1-3-16(22)20-21)12-4-5-14-15(6-12)25-10-24-14;3-2(4,5)1(6)7/h1-7H,8-10,19H2;(H,6,7)/b11-7+;. The Kier molecular flexibility index (Phi) is 6.48. The van der Waals surface area contributed by atoms with Gasteiger partial charge in [0.1, 0.15) is 0 Å². The Balaban J connectivity index is 0.000000360. The lowest BCUT2D eigenvalue weighted by Crippen LogP contribution is -2.24. The maximum atomic E-state index is 12.8. The molecule has 1 aromatic carbocycles. The smallest absolute Gasteiger partial charge is 0.475 e. The molecule has 0 bridgehead atoms. The summed E-state index contributed by atoms with van der Waals surface area (Å²) in [5.41, 5.74) is 7.30. The fraction of sp³-hybridized carbons (Fsp3) is 0.211. The first kappa shape index (κ1) is 22.8. The van der Waals surface area contributed by atoms with Crippen molar-refractivity contribution in [3.63, 3.8) is 0 Å². The largest absolute Gasteiger partial charge is 0.490 e. The van der Waals surface area contributed by atoms with Crippen LogP contribution in [0.1, 0.15) is 0 Å². The van der Waals surface area contributed by atoms with Gasteiger partial charge in [0.15, 0.2) is 17.1 Å². The van der Waals surface area contributed by atoms with E-state index in [2.05, 4.69) is 5.10 Å². The number of aromatic nitrogens is 3. The fourth-order valence-corrected chi connectivity index (χ4v) is 2.78. The molecule has 9 nitrogen and oxygen atoms in total. The highest BCUT2D eigenvalue weighted by molar-refractivity contribution is 5.73. The molecule has 0 fully saturated rings. The Hall–Kier alpha value is -3.87. The molecule has 13 heteroatoms. The zero-order valence-electron chi connectivity index (χ0n) is 16.2. The van der Waals surface area contributed by atoms with E-state index in [0.717, 1.165) is 5.56 Å². The van der Waals surface area contributed by atoms with E-state index in [9.17, 15) is 22.4 Å². The summed E-state index contributed by atoms with van der Waals surface area (Å²) < 4.78 is 57.9. The molecular formula is C19H16F4N4O5. The molecule has 0 amide bonds. The van der Waals surface area contributed by atoms with Gasteiger partial charge in [-0.15, -0.1) is 5.10 Å². The van der Waals surface area contributed by atoms with Crippen molar-refractivity contribution in [3.05, 3.63) is 58.8 Å². The second kappa shape index (κ2) is 9.09. The van der Waals surface area contributed by atoms with Gasteiger partial charge in [0.25, 0.3) is 0 Å². The van der Waals surface area contributed by atoms with Crippen LogP contribution in [0.15, 0.2) is 53.1 Å². The van der Waals surface area contributed by atoms with Crippen LogP contribution in [0, 0.1) is 0 Å². The molecule has 0 unspecified atom stereocenters. The molecule has 0 saturated heterocycles. The second-order valence-corrected chi connectivity index (χ2v) is 6.39. The molecule has 3 aromatic rings. The number of halogens is 4. The molecule has 0 aliphatic carbocycles. The number of carboxylic acids is 1. The second-order valence-electron chi connectivity index (χ2n) is 6.39. The Morgan fingerprint density at radius 1 is 1.22 bits per heavy atom. The monoisotopic (exact) mass is 456 g/mol. The highest BCUT2D eigenvalue weighted by Crippen LogP contribution is 2.35. The Morgan fingerprint density at radius 2 is 1.91 bits per heavy atom. The van der Waals surface area contributed by atoms with Crippen molar-refractivity contribution < 1.29 is 36.9 Å². The van der Waals surface area contributed by atoms with E-state index in [4.69, 9.17) is 25.1 Å². The van der Waals surface area contributed by atoms with Crippen molar-refractivity contribution in [2.75, 3.05) is 13.3 Å². The number of hydrogen-bond donors (Lipinski definition) is 2. The van der Waals surface area contributed by atoms with Crippen LogP contribution in [-0.4, -0.2) is 44.8 Å². The topological polar surface area (TPSA) is 121 Å². The van der Waals surface area contributed by atoms with Gasteiger partial charge >= 0.3 is 17.8 Å². The summed E-state index contributed by atoms with van der Waals surface area (Å²) in [5.74, 6) is -1.46. The minimum Gasteiger partial charge on any atom is -0.475 e. The Labute approximate surface area is 176 Å². The molecule has 170 valence electrons. The van der Waals surface area contributed by atoms with Crippen LogP contribution < -0.4 is 20.9 Å². The predicted molar refractivity (Wildman–Crippen MR) is 103 cm³/mol. The van der Waals surface area contributed by atoms with Crippen LogP contribution in [-0.2, 0) is 11.3 Å². The first-order valence-electron chi connectivity index (χ1n) is 8.92. The van der Waals surface area contributed by atoms with Gasteiger partial charge in [-0.3, -0.25) is 0 Å². The summed E-state index contributed by atoms with van der Waals surface area (Å²) in [5, 5.41) is 11.4. The number of ether oxygens (including phenoxy) is 2. The fourth-order valence-electron chi connectivity index (χ4n) is 2.78. The molecule has 0 atom stereocenters. The number of rotatable bonds is 4. The zero-order chi connectivity index (χ0) is 23.5. The first-order chi connectivity index (χ1) is 15.2. The van der Waals surface area contributed by atoms with Crippen molar-refractivity contribution in [1.82, 2.24) is 14.2 Å². The summed E-state index contributed by atoms with van der Waals surface area (Å²) in [6.45, 7) is 0.207. The molecule has 1 aliphatic heterocycles. The number of benzene rings is 1. The van der Waals surface area contributed by atoms with Gasteiger partial charge in [0, 0.05) is 12.1 Å². The highest BCUT2D eigenvalue weighted by atomic mass is 19.4. The molecule has 32 heavy (non-hydrogen) atoms. The van der Waals surface area contributed by atoms with Crippen LogP contribution in [0.2, 0.25) is 0 Å². The maximum Gasteiger partial charge on any atom is 0.490 e. The molecule has 3 N–H and O–H groups in total. The van der Waals surface area contributed by atoms with Gasteiger partial charge in [0.05, 0.1) is 18.6 Å². The van der Waals surface area contributed by atoms with Crippen LogP contribution in [0.3, 0.4) is 0 Å². The quantitative estimate of drug-likeness (QED) is 0.578. The van der Waals surface area contributed by atoms with Gasteiger partial charge in [-0.2, -0.15) is 13.2 Å². The first-order valence-corrected chi connectivity index (χ1v) is 8.92. The van der Waals surface area contributed by atoms with E-state index in [-0.39, 0.29) is 31.1 Å². The molecule has 0 saturated carbocycles. The van der Waals surface area contributed by atoms with Crippen LogP contribution >= 0.6 is 0 Å². The van der Waals surface area contributed by atoms with E-state index in [1.807, 2.05) is 18.2 Å². The number of fused-ring (bicyclic) bond motifs is 2. The number of aliphatic carboxylic acids is 1. The lowest BCUT2D eigenvalue weighted by Gasteiger charge is -2.05. The number of hydrogen-bond acceptors (Lipinski definition) is 6. The summed E-state index contributed by atoms with van der Waals surface area (Å²) in [6.07, 6.45) is -4.67. The Morgan fingerprint density at radius 3 is 2.53 bits per heavy atom. The van der Waals surface area contributed by atoms with Crippen molar-refractivity contribution >= 4 is 11.6 Å². The molecule has 4 rings (SSSR count). The number of nitrogens with zero attached hydrogens (tertiary/aromatic N) is 3. The van der Waals surface area contributed by atoms with Crippen molar-refractivity contribution in [2.24, 2.45) is 5.73 Å². The van der Waals surface area contributed by atoms with E-state index in [1.54, 1.807) is 18.2 Å². The van der Waals surface area contributed by atoms with Gasteiger partial charge in [-0.05, 0) is 35.9 Å². The van der Waals surface area contributed by atoms with Crippen molar-refractivity contribution in [1.29, 1.82) is 0 Å². The molecule has 2 aromatic heterocycles. The molecule has 3 heterocycles.